The molecule has 0 atom stereocenters. The third-order valence-corrected chi connectivity index (χ3v) is 4.90. The first-order chi connectivity index (χ1) is 15.6. The number of benzene rings is 3. The molecule has 0 radical (unpaired) electrons. The second-order valence-electron chi connectivity index (χ2n) is 7.06. The van der Waals surface area contributed by atoms with Crippen molar-refractivity contribution >= 4 is 11.9 Å². The molecular formula is C24H19F3O6. The van der Waals surface area contributed by atoms with Crippen molar-refractivity contribution in [3.63, 3.8) is 0 Å². The van der Waals surface area contributed by atoms with Crippen LogP contribution in [0.3, 0.4) is 0 Å². The van der Waals surface area contributed by atoms with Gasteiger partial charge in [-0.3, -0.25) is 4.79 Å². The number of alkyl halides is 3. The van der Waals surface area contributed by atoms with Crippen LogP contribution >= 0.6 is 0 Å². The van der Waals surface area contributed by atoms with E-state index in [0.29, 0.717) is 11.8 Å². The Hall–Kier alpha value is -4.01. The number of aromatic carboxylic acids is 1. The van der Waals surface area contributed by atoms with Crippen molar-refractivity contribution in [3.8, 4) is 22.6 Å². The van der Waals surface area contributed by atoms with Gasteiger partial charge in [-0.1, -0.05) is 42.5 Å². The predicted molar refractivity (Wildman–Crippen MR) is 112 cm³/mol. The molecule has 0 aromatic heterocycles. The van der Waals surface area contributed by atoms with Gasteiger partial charge in [-0.15, -0.1) is 0 Å². The average molecular weight is 460 g/mol. The van der Waals surface area contributed by atoms with Gasteiger partial charge in [0.2, 0.25) is 0 Å². The average Bonchev–Trinajstić information content (AvgIpc) is 2.77. The molecule has 0 amide bonds. The molecule has 0 heterocycles. The molecule has 0 unspecified atom stereocenters. The third-order valence-electron chi connectivity index (χ3n) is 4.90. The van der Waals surface area contributed by atoms with E-state index in [2.05, 4.69) is 4.74 Å². The van der Waals surface area contributed by atoms with Crippen molar-refractivity contribution in [1.82, 2.24) is 0 Å². The minimum absolute atomic E-state index is 0.0988. The number of methoxy groups -OCH3 is 1. The number of carboxylic acid groups (broad SMARTS) is 1. The number of hydrogen-bond donors (Lipinski definition) is 2. The molecule has 0 aliphatic rings. The topological polar surface area (TPSA) is 93.1 Å². The molecule has 0 spiro atoms. The van der Waals surface area contributed by atoms with Crippen molar-refractivity contribution in [3.05, 3.63) is 82.9 Å². The van der Waals surface area contributed by atoms with Crippen LogP contribution in [0, 0.1) is 0 Å². The Morgan fingerprint density at radius 3 is 2.00 bits per heavy atom. The van der Waals surface area contributed by atoms with E-state index in [4.69, 9.17) is 4.74 Å². The number of hydrogen-bond acceptors (Lipinski definition) is 5. The van der Waals surface area contributed by atoms with Crippen LogP contribution in [-0.2, 0) is 28.7 Å². The van der Waals surface area contributed by atoms with Crippen LogP contribution in [0.5, 0.6) is 11.5 Å². The van der Waals surface area contributed by atoms with E-state index >= 15 is 0 Å². The molecule has 6 nitrogen and oxygen atoms in total. The molecule has 0 bridgehead atoms. The van der Waals surface area contributed by atoms with Crippen LogP contribution in [0.1, 0.15) is 27.0 Å². The second-order valence-corrected chi connectivity index (χ2v) is 7.06. The SMILES string of the molecule is COC(=O)Cc1ccc(-c2ccc(OCc3ccc(C(F)(F)F)c(O)c3C(=O)O)cc2)cc1. The van der Waals surface area contributed by atoms with Crippen LogP contribution < -0.4 is 4.74 Å². The van der Waals surface area contributed by atoms with Gasteiger partial charge in [0, 0.05) is 5.56 Å². The van der Waals surface area contributed by atoms with Gasteiger partial charge in [-0.2, -0.15) is 13.2 Å². The number of halogens is 3. The number of esters is 1. The smallest absolute Gasteiger partial charge is 0.419 e. The number of ether oxygens (including phenoxy) is 2. The summed E-state index contributed by atoms with van der Waals surface area (Å²) in [6, 6.07) is 15.7. The lowest BCUT2D eigenvalue weighted by molar-refractivity contribution is -0.140. The highest BCUT2D eigenvalue weighted by atomic mass is 19.4. The first-order valence-electron chi connectivity index (χ1n) is 9.64. The van der Waals surface area contributed by atoms with Crippen LogP contribution in [0.15, 0.2) is 60.7 Å². The summed E-state index contributed by atoms with van der Waals surface area (Å²) in [6.45, 7) is -0.352. The zero-order valence-corrected chi connectivity index (χ0v) is 17.3. The maximum Gasteiger partial charge on any atom is 0.419 e. The zero-order chi connectivity index (χ0) is 24.2. The molecule has 0 fully saturated rings. The molecule has 0 saturated carbocycles. The molecule has 0 aliphatic heterocycles. The Balaban J connectivity index is 1.73. The molecule has 3 aromatic rings. The van der Waals surface area contributed by atoms with Gasteiger partial charge < -0.3 is 19.7 Å². The van der Waals surface area contributed by atoms with Crippen LogP contribution in [0.25, 0.3) is 11.1 Å². The molecule has 0 aliphatic carbocycles. The molecule has 0 saturated heterocycles. The summed E-state index contributed by atoms with van der Waals surface area (Å²) in [6.07, 6.45) is -4.72. The summed E-state index contributed by atoms with van der Waals surface area (Å²) in [7, 11) is 1.32. The van der Waals surface area contributed by atoms with Crippen LogP contribution in [0.2, 0.25) is 0 Å². The molecule has 3 aromatic carbocycles. The largest absolute Gasteiger partial charge is 0.506 e. The Bertz CT molecular complexity index is 1150. The predicted octanol–water partition coefficient (Wildman–Crippen LogP) is 5.07. The summed E-state index contributed by atoms with van der Waals surface area (Å²) < 4.78 is 49.0. The van der Waals surface area contributed by atoms with Gasteiger partial charge in [-0.25, -0.2) is 4.79 Å². The molecule has 9 heteroatoms. The fraction of sp³-hybridized carbons (Fsp3) is 0.167. The van der Waals surface area contributed by atoms with Gasteiger partial charge in [0.1, 0.15) is 23.7 Å². The highest BCUT2D eigenvalue weighted by Crippen LogP contribution is 2.39. The molecule has 3 rings (SSSR count). The van der Waals surface area contributed by atoms with E-state index in [1.807, 2.05) is 12.1 Å². The maximum atomic E-state index is 12.9. The standard InChI is InChI=1S/C24H19F3O6/c1-32-20(28)12-14-2-4-15(5-3-14)16-6-9-18(10-7-16)33-13-17-8-11-19(24(25,26)27)22(29)21(17)23(30)31/h2-11,29H,12-13H2,1H3,(H,30,31). The summed E-state index contributed by atoms with van der Waals surface area (Å²) in [5, 5.41) is 19.1. The van der Waals surface area contributed by atoms with E-state index in [9.17, 15) is 33.0 Å². The van der Waals surface area contributed by atoms with E-state index < -0.39 is 29.0 Å². The molecule has 2 N–H and O–H groups in total. The lowest BCUT2D eigenvalue weighted by Crippen LogP contribution is -2.12. The van der Waals surface area contributed by atoms with Crippen molar-refractivity contribution in [2.75, 3.05) is 7.11 Å². The highest BCUT2D eigenvalue weighted by Gasteiger charge is 2.36. The first-order valence-corrected chi connectivity index (χ1v) is 9.64. The van der Waals surface area contributed by atoms with E-state index in [-0.39, 0.29) is 24.6 Å². The minimum atomic E-state index is -4.89. The van der Waals surface area contributed by atoms with Crippen molar-refractivity contribution in [2.45, 2.75) is 19.2 Å². The number of carbonyl (C=O) groups is 2. The van der Waals surface area contributed by atoms with Gasteiger partial charge in [0.15, 0.2) is 0 Å². The lowest BCUT2D eigenvalue weighted by Gasteiger charge is -2.15. The summed E-state index contributed by atoms with van der Waals surface area (Å²) in [5.74, 6) is -3.02. The fourth-order valence-electron chi connectivity index (χ4n) is 3.18. The second kappa shape index (κ2) is 9.64. The molecule has 172 valence electrons. The van der Waals surface area contributed by atoms with Crippen LogP contribution in [-0.4, -0.2) is 29.3 Å². The number of rotatable bonds is 7. The normalized spacial score (nSPS) is 11.2. The van der Waals surface area contributed by atoms with Crippen molar-refractivity contribution < 1.29 is 42.4 Å². The highest BCUT2D eigenvalue weighted by molar-refractivity contribution is 5.93. The van der Waals surface area contributed by atoms with Gasteiger partial charge in [0.25, 0.3) is 0 Å². The Morgan fingerprint density at radius 2 is 1.48 bits per heavy atom. The van der Waals surface area contributed by atoms with Crippen molar-refractivity contribution in [2.24, 2.45) is 0 Å². The zero-order valence-electron chi connectivity index (χ0n) is 17.3. The Kier molecular flexibility index (Phi) is 6.91. The summed E-state index contributed by atoms with van der Waals surface area (Å²) in [4.78, 5) is 22.8. The van der Waals surface area contributed by atoms with E-state index in [0.717, 1.165) is 22.8 Å². The Labute approximate surface area is 186 Å². The number of carboxylic acids is 1. The first kappa shape index (κ1) is 23.6. The lowest BCUT2D eigenvalue weighted by atomic mass is 10.0. The molecule has 33 heavy (non-hydrogen) atoms. The monoisotopic (exact) mass is 460 g/mol. The number of phenols is 1. The molecular weight excluding hydrogens is 441 g/mol. The third kappa shape index (κ3) is 5.62. The number of carbonyl (C=O) groups excluding carboxylic acids is 1. The van der Waals surface area contributed by atoms with Gasteiger partial charge in [0.05, 0.1) is 19.1 Å². The Morgan fingerprint density at radius 1 is 0.909 bits per heavy atom. The van der Waals surface area contributed by atoms with Gasteiger partial charge in [-0.05, 0) is 34.9 Å². The van der Waals surface area contributed by atoms with Crippen molar-refractivity contribution in [1.29, 1.82) is 0 Å². The summed E-state index contributed by atoms with van der Waals surface area (Å²) >= 11 is 0. The fourth-order valence-corrected chi connectivity index (χ4v) is 3.18. The van der Waals surface area contributed by atoms with E-state index in [1.54, 1.807) is 36.4 Å². The van der Waals surface area contributed by atoms with Gasteiger partial charge >= 0.3 is 18.1 Å². The number of aromatic hydroxyl groups is 1. The van der Waals surface area contributed by atoms with Crippen LogP contribution in [0.4, 0.5) is 13.2 Å². The quantitative estimate of drug-likeness (QED) is 0.478. The minimum Gasteiger partial charge on any atom is -0.506 e. The van der Waals surface area contributed by atoms with E-state index in [1.165, 1.54) is 7.11 Å². The maximum absolute atomic E-state index is 12.9. The summed E-state index contributed by atoms with van der Waals surface area (Å²) in [5.41, 5.74) is 0.165.